The molecule has 5 heteroatoms. The maximum Gasteiger partial charge on any atom is 0.178 e. The minimum absolute atomic E-state index is 0.00154. The second-order valence-corrected chi connectivity index (χ2v) is 4.42. The Morgan fingerprint density at radius 2 is 1.76 bits per heavy atom. The molecule has 0 aliphatic carbocycles. The van der Waals surface area contributed by atoms with Crippen LogP contribution in [0.1, 0.15) is 10.4 Å². The van der Waals surface area contributed by atoms with Gasteiger partial charge in [-0.1, -0.05) is 12.1 Å². The van der Waals surface area contributed by atoms with Crippen molar-refractivity contribution in [2.45, 2.75) is 0 Å². The van der Waals surface area contributed by atoms with Crippen LogP contribution in [-0.4, -0.2) is 42.1 Å². The van der Waals surface area contributed by atoms with E-state index in [4.69, 9.17) is 28.9 Å². The summed E-state index contributed by atoms with van der Waals surface area (Å²) >= 11 is 11.3. The van der Waals surface area contributed by atoms with Crippen molar-refractivity contribution in [1.29, 1.82) is 0 Å². The molecule has 1 rings (SSSR count). The molecule has 0 bridgehead atoms. The molecule has 0 atom stereocenters. The summed E-state index contributed by atoms with van der Waals surface area (Å²) in [5.74, 6) is 0.960. The van der Waals surface area contributed by atoms with Crippen molar-refractivity contribution < 1.29 is 4.79 Å². The van der Waals surface area contributed by atoms with Gasteiger partial charge in [0.15, 0.2) is 5.78 Å². The fourth-order valence-electron chi connectivity index (χ4n) is 1.55. The van der Waals surface area contributed by atoms with E-state index in [1.807, 2.05) is 4.90 Å². The van der Waals surface area contributed by atoms with Crippen LogP contribution in [0.3, 0.4) is 0 Å². The van der Waals surface area contributed by atoms with Crippen molar-refractivity contribution in [2.24, 2.45) is 0 Å². The summed E-state index contributed by atoms with van der Waals surface area (Å²) in [5.41, 5.74) is 6.82. The van der Waals surface area contributed by atoms with E-state index >= 15 is 0 Å². The van der Waals surface area contributed by atoms with Gasteiger partial charge in [0.25, 0.3) is 0 Å². The number of rotatable bonds is 7. The lowest BCUT2D eigenvalue weighted by molar-refractivity contribution is 0.0939. The summed E-state index contributed by atoms with van der Waals surface area (Å²) < 4.78 is 0. The Morgan fingerprint density at radius 1 is 1.18 bits per heavy atom. The fourth-order valence-corrected chi connectivity index (χ4v) is 2.03. The van der Waals surface area contributed by atoms with Crippen molar-refractivity contribution in [3.63, 3.8) is 0 Å². The maximum atomic E-state index is 12.0. The first-order valence-electron chi connectivity index (χ1n) is 5.41. The van der Waals surface area contributed by atoms with Crippen molar-refractivity contribution in [3.05, 3.63) is 29.8 Å². The Hall–Kier alpha value is -0.770. The predicted octanol–water partition coefficient (Wildman–Crippen LogP) is 2.23. The number of alkyl halides is 2. The van der Waals surface area contributed by atoms with E-state index in [0.717, 1.165) is 0 Å². The molecule has 0 radical (unpaired) electrons. The molecular weight excluding hydrogens is 259 g/mol. The highest BCUT2D eigenvalue weighted by atomic mass is 35.5. The SMILES string of the molecule is Nc1ccccc1C(=O)CN(CCCl)CCCl. The lowest BCUT2D eigenvalue weighted by atomic mass is 10.1. The predicted molar refractivity (Wildman–Crippen MR) is 73.1 cm³/mol. The number of Topliss-reactive ketones (excluding diaryl/α,β-unsaturated/α-hetero) is 1. The van der Waals surface area contributed by atoms with Crippen LogP contribution in [0.2, 0.25) is 0 Å². The van der Waals surface area contributed by atoms with Crippen LogP contribution < -0.4 is 5.73 Å². The number of benzene rings is 1. The van der Waals surface area contributed by atoms with Gasteiger partial charge in [-0.2, -0.15) is 0 Å². The molecule has 3 nitrogen and oxygen atoms in total. The molecule has 2 N–H and O–H groups in total. The molecule has 1 aromatic rings. The Bertz CT molecular complexity index is 365. The lowest BCUT2D eigenvalue weighted by Crippen LogP contribution is -2.33. The molecule has 0 amide bonds. The monoisotopic (exact) mass is 274 g/mol. The smallest absolute Gasteiger partial charge is 0.178 e. The van der Waals surface area contributed by atoms with Gasteiger partial charge in [-0.05, 0) is 12.1 Å². The van der Waals surface area contributed by atoms with Crippen LogP contribution in [0.25, 0.3) is 0 Å². The largest absolute Gasteiger partial charge is 0.398 e. The first-order valence-corrected chi connectivity index (χ1v) is 6.48. The summed E-state index contributed by atoms with van der Waals surface area (Å²) in [6.45, 7) is 1.59. The van der Waals surface area contributed by atoms with Gasteiger partial charge in [-0.15, -0.1) is 23.2 Å². The minimum atomic E-state index is -0.00154. The average molecular weight is 275 g/mol. The number of carbonyl (C=O) groups excluding carboxylic acids is 1. The van der Waals surface area contributed by atoms with E-state index in [1.54, 1.807) is 24.3 Å². The zero-order valence-corrected chi connectivity index (χ0v) is 11.0. The summed E-state index contributed by atoms with van der Waals surface area (Å²) in [5, 5.41) is 0. The summed E-state index contributed by atoms with van der Waals surface area (Å²) in [6, 6.07) is 7.07. The Labute approximate surface area is 111 Å². The van der Waals surface area contributed by atoms with E-state index in [0.29, 0.717) is 42.6 Å². The molecule has 0 heterocycles. The summed E-state index contributed by atoms with van der Waals surface area (Å²) in [4.78, 5) is 13.9. The average Bonchev–Trinajstić information content (AvgIpc) is 2.30. The number of anilines is 1. The first kappa shape index (κ1) is 14.3. The Balaban J connectivity index is 2.67. The number of carbonyl (C=O) groups is 1. The molecule has 1 aromatic carbocycles. The van der Waals surface area contributed by atoms with E-state index in [-0.39, 0.29) is 5.78 Å². The number of hydrogen-bond donors (Lipinski definition) is 1. The van der Waals surface area contributed by atoms with Gasteiger partial charge in [-0.25, -0.2) is 0 Å². The van der Waals surface area contributed by atoms with Crippen LogP contribution in [-0.2, 0) is 0 Å². The zero-order valence-electron chi connectivity index (χ0n) is 9.53. The molecule has 0 aliphatic heterocycles. The normalized spacial score (nSPS) is 10.8. The topological polar surface area (TPSA) is 46.3 Å². The van der Waals surface area contributed by atoms with E-state index in [2.05, 4.69) is 0 Å². The van der Waals surface area contributed by atoms with Crippen LogP contribution >= 0.6 is 23.2 Å². The molecule has 94 valence electrons. The number of halogens is 2. The van der Waals surface area contributed by atoms with E-state index in [1.165, 1.54) is 0 Å². The Morgan fingerprint density at radius 3 is 2.29 bits per heavy atom. The van der Waals surface area contributed by atoms with Gasteiger partial charge in [0.2, 0.25) is 0 Å². The van der Waals surface area contributed by atoms with Gasteiger partial charge in [0, 0.05) is 36.1 Å². The molecule has 17 heavy (non-hydrogen) atoms. The summed E-state index contributed by atoms with van der Waals surface area (Å²) in [6.07, 6.45) is 0. The van der Waals surface area contributed by atoms with E-state index in [9.17, 15) is 4.79 Å². The maximum absolute atomic E-state index is 12.0. The number of ketones is 1. The van der Waals surface area contributed by atoms with Crippen LogP contribution in [0.4, 0.5) is 5.69 Å². The van der Waals surface area contributed by atoms with Crippen LogP contribution in [0, 0.1) is 0 Å². The molecule has 0 saturated heterocycles. The quantitative estimate of drug-likeness (QED) is 0.471. The molecule has 0 aromatic heterocycles. The highest BCUT2D eigenvalue weighted by Gasteiger charge is 2.13. The second-order valence-electron chi connectivity index (χ2n) is 3.66. The molecular formula is C12H16Cl2N2O. The van der Waals surface area contributed by atoms with Crippen LogP contribution in [0.15, 0.2) is 24.3 Å². The minimum Gasteiger partial charge on any atom is -0.398 e. The van der Waals surface area contributed by atoms with E-state index < -0.39 is 0 Å². The molecule has 0 saturated carbocycles. The number of nitrogen functional groups attached to an aromatic ring is 1. The van der Waals surface area contributed by atoms with Crippen molar-refractivity contribution in [2.75, 3.05) is 37.1 Å². The second kappa shape index (κ2) is 7.54. The van der Waals surface area contributed by atoms with Gasteiger partial charge in [0.05, 0.1) is 6.54 Å². The van der Waals surface area contributed by atoms with Crippen LogP contribution in [0.5, 0.6) is 0 Å². The first-order chi connectivity index (χ1) is 8.19. The fraction of sp³-hybridized carbons (Fsp3) is 0.417. The van der Waals surface area contributed by atoms with Gasteiger partial charge in [0.1, 0.15) is 0 Å². The third kappa shape index (κ3) is 4.54. The van der Waals surface area contributed by atoms with Crippen molar-refractivity contribution >= 4 is 34.7 Å². The molecule has 0 fully saturated rings. The molecule has 0 aliphatic rings. The van der Waals surface area contributed by atoms with Gasteiger partial charge in [-0.3, -0.25) is 9.69 Å². The number of nitrogens with zero attached hydrogens (tertiary/aromatic N) is 1. The zero-order chi connectivity index (χ0) is 12.7. The number of para-hydroxylation sites is 1. The highest BCUT2D eigenvalue weighted by Crippen LogP contribution is 2.11. The third-order valence-corrected chi connectivity index (χ3v) is 2.77. The Kier molecular flexibility index (Phi) is 6.34. The van der Waals surface area contributed by atoms with Gasteiger partial charge < -0.3 is 5.73 Å². The van der Waals surface area contributed by atoms with Crippen molar-refractivity contribution in [3.8, 4) is 0 Å². The highest BCUT2D eigenvalue weighted by molar-refractivity contribution is 6.18. The number of nitrogens with two attached hydrogens (primary N) is 1. The lowest BCUT2D eigenvalue weighted by Gasteiger charge is -2.19. The summed E-state index contributed by atoms with van der Waals surface area (Å²) in [7, 11) is 0. The van der Waals surface area contributed by atoms with Gasteiger partial charge >= 0.3 is 0 Å². The molecule has 0 spiro atoms. The number of hydrogen-bond acceptors (Lipinski definition) is 3. The third-order valence-electron chi connectivity index (χ3n) is 2.43. The van der Waals surface area contributed by atoms with Crippen molar-refractivity contribution in [1.82, 2.24) is 4.90 Å². The standard InChI is InChI=1S/C12H16Cl2N2O/c13-5-7-16(8-6-14)9-12(17)10-3-1-2-4-11(10)15/h1-4H,5-9,15H2. The molecule has 0 unspecified atom stereocenters.